The van der Waals surface area contributed by atoms with Gasteiger partial charge in [0.1, 0.15) is 23.4 Å². The van der Waals surface area contributed by atoms with E-state index in [9.17, 15) is 9.90 Å². The topological polar surface area (TPSA) is 122 Å². The van der Waals surface area contributed by atoms with E-state index in [0.717, 1.165) is 40.8 Å². The Morgan fingerprint density at radius 1 is 1.11 bits per heavy atom. The molecule has 8 heteroatoms. The van der Waals surface area contributed by atoms with E-state index in [1.165, 1.54) is 17.5 Å². The molecule has 1 saturated carbocycles. The number of carboxylic acids is 1. The van der Waals surface area contributed by atoms with Gasteiger partial charge in [-0.1, -0.05) is 56.3 Å². The highest BCUT2D eigenvalue weighted by Gasteiger charge is 2.31. The Kier molecular flexibility index (Phi) is 5.67. The monoisotopic (exact) mass is 494 g/mol. The smallest absolute Gasteiger partial charge is 0.306 e. The van der Waals surface area contributed by atoms with Gasteiger partial charge >= 0.3 is 5.97 Å². The Morgan fingerprint density at radius 3 is 2.65 bits per heavy atom. The second-order valence-electron chi connectivity index (χ2n) is 10.3. The third-order valence-corrected chi connectivity index (χ3v) is 7.70. The molecule has 2 aromatic carbocycles. The minimum Gasteiger partial charge on any atom is -0.481 e. The molecule has 0 radical (unpaired) electrons. The van der Waals surface area contributed by atoms with E-state index in [1.807, 2.05) is 0 Å². The molecule has 37 heavy (non-hydrogen) atoms. The first-order valence-electron chi connectivity index (χ1n) is 12.8. The summed E-state index contributed by atoms with van der Waals surface area (Å²) in [5.74, 6) is 0.736. The zero-order valence-corrected chi connectivity index (χ0v) is 21.0. The third-order valence-electron chi connectivity index (χ3n) is 7.70. The Labute approximate surface area is 214 Å². The number of aromatic amines is 1. The maximum atomic E-state index is 11.4. The Hall–Kier alpha value is -4.20. The minimum atomic E-state index is -0.716. The summed E-state index contributed by atoms with van der Waals surface area (Å²) in [7, 11) is 0. The molecule has 1 aliphatic rings. The number of rotatable bonds is 5. The van der Waals surface area contributed by atoms with E-state index in [0.29, 0.717) is 35.8 Å². The van der Waals surface area contributed by atoms with Gasteiger partial charge in [-0.15, -0.1) is 0 Å². The van der Waals surface area contributed by atoms with Crippen LogP contribution in [-0.4, -0.2) is 35.6 Å². The Bertz CT molecular complexity index is 1620. The zero-order chi connectivity index (χ0) is 25.7. The van der Waals surface area contributed by atoms with Crippen LogP contribution >= 0.6 is 0 Å². The van der Waals surface area contributed by atoms with Gasteiger partial charge in [0.2, 0.25) is 0 Å². The number of nitrogens with one attached hydrogen (secondary N) is 1. The van der Waals surface area contributed by atoms with Gasteiger partial charge in [-0.25, -0.2) is 14.5 Å². The van der Waals surface area contributed by atoms with Crippen LogP contribution in [-0.2, 0) is 4.79 Å². The molecule has 8 nitrogen and oxygen atoms in total. The van der Waals surface area contributed by atoms with Gasteiger partial charge in [0, 0.05) is 16.9 Å². The normalized spacial score (nSPS) is 18.1. The number of para-hydroxylation sites is 1. The van der Waals surface area contributed by atoms with E-state index < -0.39 is 5.97 Å². The molecule has 3 aromatic heterocycles. The van der Waals surface area contributed by atoms with Crippen molar-refractivity contribution in [1.82, 2.24) is 24.6 Å². The number of hydrogen-bond donors (Lipinski definition) is 3. The molecule has 0 bridgehead atoms. The molecule has 4 N–H and O–H groups in total. The lowest BCUT2D eigenvalue weighted by Crippen LogP contribution is -2.21. The van der Waals surface area contributed by atoms with Gasteiger partial charge in [0.15, 0.2) is 5.82 Å². The number of nitrogen functional groups attached to an aromatic ring is 1. The van der Waals surface area contributed by atoms with E-state index in [-0.39, 0.29) is 11.8 Å². The van der Waals surface area contributed by atoms with Gasteiger partial charge in [-0.2, -0.15) is 5.10 Å². The van der Waals surface area contributed by atoms with Crippen LogP contribution in [0.5, 0.6) is 0 Å². The predicted octanol–water partition coefficient (Wildman–Crippen LogP) is 6.00. The minimum absolute atomic E-state index is 0.116. The maximum Gasteiger partial charge on any atom is 0.306 e. The van der Waals surface area contributed by atoms with Gasteiger partial charge in [-0.3, -0.25) is 4.79 Å². The molecule has 0 unspecified atom stereocenters. The molecule has 6 rings (SSSR count). The lowest BCUT2D eigenvalue weighted by atomic mass is 9.82. The number of benzene rings is 2. The SMILES string of the molecule is CC(C)c1cccc(-c2cccc3cc(-c4nc(C5CCC(C(=O)O)CC5)n5ncnc(N)c45)[nH]c23)c1. The zero-order valence-electron chi connectivity index (χ0n) is 21.0. The molecule has 188 valence electrons. The Morgan fingerprint density at radius 2 is 1.89 bits per heavy atom. The van der Waals surface area contributed by atoms with Crippen molar-refractivity contribution in [2.45, 2.75) is 51.4 Å². The lowest BCUT2D eigenvalue weighted by molar-refractivity contribution is -0.142. The number of aliphatic carboxylic acids is 1. The predicted molar refractivity (Wildman–Crippen MR) is 144 cm³/mol. The average Bonchev–Trinajstić information content (AvgIpc) is 3.51. The van der Waals surface area contributed by atoms with Crippen LogP contribution in [0.25, 0.3) is 38.9 Å². The van der Waals surface area contributed by atoms with Crippen LogP contribution in [0.2, 0.25) is 0 Å². The lowest BCUT2D eigenvalue weighted by Gasteiger charge is -2.24. The quantitative estimate of drug-likeness (QED) is 0.275. The van der Waals surface area contributed by atoms with Crippen molar-refractivity contribution < 1.29 is 9.90 Å². The number of aromatic nitrogens is 5. The number of nitrogens with zero attached hydrogens (tertiary/aromatic N) is 4. The number of fused-ring (bicyclic) bond motifs is 2. The number of imidazole rings is 1. The fourth-order valence-electron chi connectivity index (χ4n) is 5.62. The summed E-state index contributed by atoms with van der Waals surface area (Å²) in [5.41, 5.74) is 13.2. The van der Waals surface area contributed by atoms with Crippen LogP contribution in [0.4, 0.5) is 5.82 Å². The van der Waals surface area contributed by atoms with Crippen LogP contribution < -0.4 is 5.73 Å². The van der Waals surface area contributed by atoms with E-state index in [2.05, 4.69) is 77.4 Å². The summed E-state index contributed by atoms with van der Waals surface area (Å²) in [4.78, 5) is 24.4. The molecule has 1 aliphatic carbocycles. The molecule has 5 aromatic rings. The summed E-state index contributed by atoms with van der Waals surface area (Å²) in [6.45, 7) is 4.41. The second kappa shape index (κ2) is 9.03. The number of anilines is 1. The van der Waals surface area contributed by atoms with Crippen LogP contribution in [0.3, 0.4) is 0 Å². The summed E-state index contributed by atoms with van der Waals surface area (Å²) in [6.07, 6.45) is 4.22. The molecule has 0 spiro atoms. The first kappa shape index (κ1) is 23.2. The number of nitrogens with two attached hydrogens (primary N) is 1. The van der Waals surface area contributed by atoms with Crippen LogP contribution in [0.15, 0.2) is 54.9 Å². The standard InChI is InChI=1S/C29H30N6O2/c1-16(2)19-5-3-6-20(13-19)22-8-4-7-21-14-23(33-24(21)22)25-26-27(30)31-15-32-35(26)28(34-25)17-9-11-18(12-10-17)29(36)37/h3-8,13-18,33H,9-12H2,1-2H3,(H,36,37)(H2,30,31,32). The van der Waals surface area contributed by atoms with Crippen molar-refractivity contribution in [3.63, 3.8) is 0 Å². The first-order chi connectivity index (χ1) is 17.9. The maximum absolute atomic E-state index is 11.4. The number of H-pyrrole nitrogens is 1. The van der Waals surface area contributed by atoms with Crippen molar-refractivity contribution in [2.75, 3.05) is 5.73 Å². The molecule has 0 amide bonds. The average molecular weight is 495 g/mol. The highest BCUT2D eigenvalue weighted by atomic mass is 16.4. The van der Waals surface area contributed by atoms with Crippen molar-refractivity contribution in [2.24, 2.45) is 5.92 Å². The molecule has 0 atom stereocenters. The molecule has 0 saturated heterocycles. The van der Waals surface area contributed by atoms with E-state index >= 15 is 0 Å². The largest absolute Gasteiger partial charge is 0.481 e. The van der Waals surface area contributed by atoms with Crippen molar-refractivity contribution in [3.05, 3.63) is 66.2 Å². The van der Waals surface area contributed by atoms with E-state index in [1.54, 1.807) is 4.52 Å². The van der Waals surface area contributed by atoms with Crippen LogP contribution in [0.1, 0.15) is 62.8 Å². The van der Waals surface area contributed by atoms with Crippen molar-refractivity contribution >= 4 is 28.2 Å². The van der Waals surface area contributed by atoms with Gasteiger partial charge < -0.3 is 15.8 Å². The molecular weight excluding hydrogens is 464 g/mol. The second-order valence-corrected chi connectivity index (χ2v) is 10.3. The van der Waals surface area contributed by atoms with Gasteiger partial charge in [-0.05, 0) is 48.8 Å². The summed E-state index contributed by atoms with van der Waals surface area (Å²) in [6, 6.07) is 17.1. The van der Waals surface area contributed by atoms with Crippen LogP contribution in [0, 0.1) is 5.92 Å². The molecule has 1 fully saturated rings. The molecule has 0 aliphatic heterocycles. The number of carbonyl (C=O) groups is 1. The van der Waals surface area contributed by atoms with E-state index in [4.69, 9.17) is 10.7 Å². The van der Waals surface area contributed by atoms with Gasteiger partial charge in [0.05, 0.1) is 17.1 Å². The fourth-order valence-corrected chi connectivity index (χ4v) is 5.62. The number of hydrogen-bond acceptors (Lipinski definition) is 5. The Balaban J connectivity index is 1.46. The molecular formula is C29H30N6O2. The first-order valence-corrected chi connectivity index (χ1v) is 12.8. The highest BCUT2D eigenvalue weighted by Crippen LogP contribution is 2.39. The summed E-state index contributed by atoms with van der Waals surface area (Å²) < 4.78 is 1.79. The molecule has 3 heterocycles. The van der Waals surface area contributed by atoms with Crippen molar-refractivity contribution in [3.8, 4) is 22.5 Å². The summed E-state index contributed by atoms with van der Waals surface area (Å²) in [5, 5.41) is 15.0. The fraction of sp³-hybridized carbons (Fsp3) is 0.310. The summed E-state index contributed by atoms with van der Waals surface area (Å²) >= 11 is 0. The highest BCUT2D eigenvalue weighted by molar-refractivity contribution is 5.98. The number of carboxylic acid groups (broad SMARTS) is 1. The van der Waals surface area contributed by atoms with Crippen molar-refractivity contribution in [1.29, 1.82) is 0 Å². The third kappa shape index (κ3) is 4.02. The van der Waals surface area contributed by atoms with Gasteiger partial charge in [0.25, 0.3) is 0 Å².